The zero-order valence-corrected chi connectivity index (χ0v) is 16.9. The molecule has 28 heavy (non-hydrogen) atoms. The first-order chi connectivity index (χ1) is 13.4. The summed E-state index contributed by atoms with van der Waals surface area (Å²) in [5, 5.41) is 0. The number of piperazine rings is 1. The molecule has 150 valence electrons. The molecule has 1 unspecified atom stereocenters. The quantitative estimate of drug-likeness (QED) is 0.435. The molecule has 6 nitrogen and oxygen atoms in total. The smallest absolute Gasteiger partial charge is 0.219 e. The summed E-state index contributed by atoms with van der Waals surface area (Å²) in [6.45, 7) is 4.44. The van der Waals surface area contributed by atoms with E-state index in [0.29, 0.717) is 31.1 Å². The van der Waals surface area contributed by atoms with Crippen LogP contribution < -0.4 is 0 Å². The first-order valence-electron chi connectivity index (χ1n) is 8.97. The second-order valence-electron chi connectivity index (χ2n) is 6.70. The zero-order chi connectivity index (χ0) is 20.3. The summed E-state index contributed by atoms with van der Waals surface area (Å²) in [4.78, 5) is 21.9. The van der Waals surface area contributed by atoms with Gasteiger partial charge in [0.2, 0.25) is 11.8 Å². The molecule has 2 fully saturated rings. The summed E-state index contributed by atoms with van der Waals surface area (Å²) < 4.78 is 32.1. The first-order valence-corrected chi connectivity index (χ1v) is 9.55. The average Bonchev–Trinajstić information content (AvgIpc) is 3.04. The third kappa shape index (κ3) is 4.33. The number of rotatable bonds is 4. The molecule has 2 heterocycles. The highest BCUT2D eigenvalue weighted by atomic mass is 31.0. The number of halogens is 2. The van der Waals surface area contributed by atoms with Gasteiger partial charge < -0.3 is 19.4 Å². The molecule has 9 heteroatoms. The van der Waals surface area contributed by atoms with Gasteiger partial charge in [0.25, 0.3) is 0 Å². The van der Waals surface area contributed by atoms with E-state index in [4.69, 9.17) is 4.74 Å². The third-order valence-electron chi connectivity index (χ3n) is 4.92. The maximum absolute atomic E-state index is 13.4. The number of aliphatic imine (C=N–C) groups is 1. The van der Waals surface area contributed by atoms with Crippen molar-refractivity contribution in [2.75, 3.05) is 33.2 Å². The summed E-state index contributed by atoms with van der Waals surface area (Å²) in [7, 11) is 5.06. The maximum Gasteiger partial charge on any atom is 0.219 e. The molecular formula is C19H23F2N4O2P. The monoisotopic (exact) mass is 408 g/mol. The molecule has 3 rings (SSSR count). The Bertz CT molecular complexity index is 830. The predicted octanol–water partition coefficient (Wildman–Crippen LogP) is 2.10. The van der Waals surface area contributed by atoms with Crippen LogP contribution in [0.2, 0.25) is 0 Å². The number of hydrogen-bond acceptors (Lipinski definition) is 4. The van der Waals surface area contributed by atoms with Crippen molar-refractivity contribution < 1.29 is 18.3 Å². The van der Waals surface area contributed by atoms with Gasteiger partial charge in [0.05, 0.1) is 6.04 Å². The highest BCUT2D eigenvalue weighted by molar-refractivity contribution is 7.18. The van der Waals surface area contributed by atoms with Crippen LogP contribution in [0.25, 0.3) is 0 Å². The molecule has 1 atom stereocenters. The maximum atomic E-state index is 13.4. The number of amides is 1. The molecule has 1 aromatic rings. The Hall–Kier alpha value is -2.47. The van der Waals surface area contributed by atoms with Crippen LogP contribution in [0.5, 0.6) is 0 Å². The van der Waals surface area contributed by atoms with E-state index in [0.717, 1.165) is 24.5 Å². The fourth-order valence-electron chi connectivity index (χ4n) is 3.44. The van der Waals surface area contributed by atoms with Crippen molar-refractivity contribution in [1.29, 1.82) is 0 Å². The Kier molecular flexibility index (Phi) is 6.29. The molecule has 2 saturated heterocycles. The van der Waals surface area contributed by atoms with Crippen molar-refractivity contribution in [3.05, 3.63) is 47.3 Å². The molecule has 0 aromatic heterocycles. The number of carbonyl (C=O) groups is 1. The minimum absolute atomic E-state index is 0.0762. The van der Waals surface area contributed by atoms with Crippen molar-refractivity contribution in [1.82, 2.24) is 14.7 Å². The largest absolute Gasteiger partial charge is 0.473 e. The van der Waals surface area contributed by atoms with Gasteiger partial charge in [-0.2, -0.15) is 0 Å². The van der Waals surface area contributed by atoms with Gasteiger partial charge in [-0.05, 0) is 17.7 Å². The minimum atomic E-state index is -0.906. The lowest BCUT2D eigenvalue weighted by Crippen LogP contribution is -2.52. The lowest BCUT2D eigenvalue weighted by molar-refractivity contribution is -0.131. The number of benzene rings is 1. The Morgan fingerprint density at radius 3 is 2.75 bits per heavy atom. The van der Waals surface area contributed by atoms with Crippen LogP contribution in [0.3, 0.4) is 0 Å². The Balaban J connectivity index is 1.72. The summed E-state index contributed by atoms with van der Waals surface area (Å²) >= 11 is 0. The molecule has 0 saturated carbocycles. The van der Waals surface area contributed by atoms with E-state index < -0.39 is 11.6 Å². The average molecular weight is 408 g/mol. The van der Waals surface area contributed by atoms with E-state index in [1.165, 1.54) is 6.07 Å². The number of hydrogen-bond donors (Lipinski definition) is 0. The van der Waals surface area contributed by atoms with Crippen molar-refractivity contribution in [3.63, 3.8) is 0 Å². The van der Waals surface area contributed by atoms with E-state index in [-0.39, 0.29) is 18.6 Å². The van der Waals surface area contributed by atoms with Gasteiger partial charge in [0.1, 0.15) is 12.4 Å². The molecule has 0 aliphatic carbocycles. The van der Waals surface area contributed by atoms with E-state index >= 15 is 0 Å². The van der Waals surface area contributed by atoms with E-state index in [1.54, 1.807) is 19.9 Å². The lowest BCUT2D eigenvalue weighted by atomic mass is 10.2. The number of carbonyl (C=O) groups excluding carboxylic acids is 1. The van der Waals surface area contributed by atoms with Gasteiger partial charge in [0, 0.05) is 52.1 Å². The van der Waals surface area contributed by atoms with Crippen LogP contribution in [-0.4, -0.2) is 71.7 Å². The van der Waals surface area contributed by atoms with Crippen molar-refractivity contribution in [2.45, 2.75) is 19.6 Å². The SMILES string of the molecule is C/N=C(\C=C1/N(C=P)CC2CN(C(C)=O)CCN12)OCc1ccc(F)c(F)c1. The van der Waals surface area contributed by atoms with Gasteiger partial charge >= 0.3 is 0 Å². The highest BCUT2D eigenvalue weighted by Gasteiger charge is 2.38. The molecular weight excluding hydrogens is 385 g/mol. The molecule has 1 amide bonds. The number of fused-ring (bicyclic) bond motifs is 1. The highest BCUT2D eigenvalue weighted by Crippen LogP contribution is 2.27. The van der Waals surface area contributed by atoms with Gasteiger partial charge in [-0.3, -0.25) is 9.79 Å². The Morgan fingerprint density at radius 1 is 1.32 bits per heavy atom. The van der Waals surface area contributed by atoms with Gasteiger partial charge in [-0.25, -0.2) is 8.78 Å². The van der Waals surface area contributed by atoms with E-state index in [1.807, 2.05) is 15.9 Å². The first kappa shape index (κ1) is 20.3. The van der Waals surface area contributed by atoms with Crippen molar-refractivity contribution >= 4 is 26.6 Å². The second kappa shape index (κ2) is 8.69. The third-order valence-corrected chi connectivity index (χ3v) is 5.24. The minimum Gasteiger partial charge on any atom is -0.473 e. The second-order valence-corrected chi connectivity index (χ2v) is 6.95. The van der Waals surface area contributed by atoms with Crippen LogP contribution in [0.15, 0.2) is 35.1 Å². The molecule has 0 N–H and O–H groups in total. The van der Waals surface area contributed by atoms with Crippen molar-refractivity contribution in [3.8, 4) is 0 Å². The fraction of sp³-hybridized carbons (Fsp3) is 0.421. The van der Waals surface area contributed by atoms with Crippen LogP contribution in [-0.2, 0) is 16.1 Å². The normalized spacial score (nSPS) is 21.1. The van der Waals surface area contributed by atoms with E-state index in [9.17, 15) is 13.6 Å². The standard InChI is InChI=1S/C19H23F2N4O2P/c1-13(26)23-5-6-25-15(9-23)10-24(12-28)19(25)8-18(22-2)27-11-14-3-4-16(20)17(21)7-14/h3-4,7-8,12,15,28H,5-6,9-11H2,1-2H3/b19-8+,22-18+. The molecule has 0 radical (unpaired) electrons. The molecule has 1 aromatic carbocycles. The van der Waals surface area contributed by atoms with Crippen LogP contribution in [0.1, 0.15) is 12.5 Å². The summed E-state index contributed by atoms with van der Waals surface area (Å²) in [5.41, 5.74) is 0.515. The summed E-state index contributed by atoms with van der Waals surface area (Å²) in [6, 6.07) is 3.84. The number of nitrogens with zero attached hydrogens (tertiary/aromatic N) is 4. The summed E-state index contributed by atoms with van der Waals surface area (Å²) in [6.07, 6.45) is 1.82. The van der Waals surface area contributed by atoms with Gasteiger partial charge in [-0.1, -0.05) is 6.07 Å². The van der Waals surface area contributed by atoms with Crippen molar-refractivity contribution in [2.24, 2.45) is 4.99 Å². The van der Waals surface area contributed by atoms with Crippen LogP contribution >= 0.6 is 8.86 Å². The van der Waals surface area contributed by atoms with Gasteiger partial charge in [-0.15, -0.1) is 8.86 Å². The van der Waals surface area contributed by atoms with Crippen LogP contribution in [0, 0.1) is 11.6 Å². The molecule has 0 bridgehead atoms. The fourth-order valence-corrected chi connectivity index (χ4v) is 3.67. The Labute approximate surface area is 165 Å². The topological polar surface area (TPSA) is 48.4 Å². The van der Waals surface area contributed by atoms with Crippen LogP contribution in [0.4, 0.5) is 8.78 Å². The van der Waals surface area contributed by atoms with E-state index in [2.05, 4.69) is 18.8 Å². The number of ether oxygens (including phenoxy) is 1. The molecule has 0 spiro atoms. The zero-order valence-electron chi connectivity index (χ0n) is 15.9. The lowest BCUT2D eigenvalue weighted by Gasteiger charge is -2.37. The molecule has 2 aliphatic heterocycles. The molecule has 2 aliphatic rings. The summed E-state index contributed by atoms with van der Waals surface area (Å²) in [5.74, 6) is 1.38. The Morgan fingerprint density at radius 2 is 2.11 bits per heavy atom. The predicted molar refractivity (Wildman–Crippen MR) is 106 cm³/mol. The van der Waals surface area contributed by atoms with Gasteiger partial charge in [0.15, 0.2) is 11.6 Å².